The van der Waals surface area contributed by atoms with E-state index in [1.807, 2.05) is 12.1 Å². The zero-order chi connectivity index (χ0) is 12.4. The van der Waals surface area contributed by atoms with Crippen LogP contribution in [0, 0.1) is 0 Å². The summed E-state index contributed by atoms with van der Waals surface area (Å²) in [5, 5.41) is 3.79. The van der Waals surface area contributed by atoms with Gasteiger partial charge in [-0.05, 0) is 31.0 Å². The van der Waals surface area contributed by atoms with Crippen molar-refractivity contribution in [3.8, 4) is 0 Å². The summed E-state index contributed by atoms with van der Waals surface area (Å²) in [7, 11) is -0.730. The quantitative estimate of drug-likeness (QED) is 0.909. The summed E-state index contributed by atoms with van der Waals surface area (Å²) in [6, 6.07) is 8.85. The van der Waals surface area contributed by atoms with Crippen LogP contribution in [0.25, 0.3) is 0 Å². The van der Waals surface area contributed by atoms with Crippen LogP contribution in [0.15, 0.2) is 28.7 Å². The minimum absolute atomic E-state index is 0.173. The molecule has 1 aliphatic heterocycles. The van der Waals surface area contributed by atoms with Crippen molar-refractivity contribution in [3.05, 3.63) is 34.3 Å². The van der Waals surface area contributed by atoms with Crippen molar-refractivity contribution in [2.24, 2.45) is 0 Å². The summed E-state index contributed by atoms with van der Waals surface area (Å²) in [5.74, 6) is 0.780. The van der Waals surface area contributed by atoms with E-state index in [2.05, 4.69) is 47.2 Å². The lowest BCUT2D eigenvalue weighted by Gasteiger charge is -2.35. The Morgan fingerprint density at radius 1 is 1.53 bits per heavy atom. The van der Waals surface area contributed by atoms with Gasteiger partial charge < -0.3 is 5.32 Å². The van der Waals surface area contributed by atoms with E-state index in [1.54, 1.807) is 0 Å². The summed E-state index contributed by atoms with van der Waals surface area (Å²) >= 11 is 3.49. The Morgan fingerprint density at radius 3 is 2.94 bits per heavy atom. The van der Waals surface area contributed by atoms with Crippen LogP contribution < -0.4 is 5.32 Å². The summed E-state index contributed by atoms with van der Waals surface area (Å²) in [6.45, 7) is 4.21. The molecular formula is C13H18BrNOS. The largest absolute Gasteiger partial charge is 0.305 e. The van der Waals surface area contributed by atoms with Crippen molar-refractivity contribution in [1.29, 1.82) is 0 Å². The Bertz CT molecular complexity index is 424. The van der Waals surface area contributed by atoms with Crippen molar-refractivity contribution in [2.75, 3.05) is 5.75 Å². The first-order valence-electron chi connectivity index (χ1n) is 6.00. The van der Waals surface area contributed by atoms with Crippen molar-refractivity contribution in [3.63, 3.8) is 0 Å². The molecule has 1 N–H and O–H groups in total. The lowest BCUT2D eigenvalue weighted by Crippen LogP contribution is -2.48. The van der Waals surface area contributed by atoms with E-state index in [-0.39, 0.29) is 11.3 Å². The molecule has 0 amide bonds. The van der Waals surface area contributed by atoms with Gasteiger partial charge in [0.15, 0.2) is 0 Å². The molecule has 2 rings (SSSR count). The second-order valence-electron chi connectivity index (χ2n) is 4.56. The van der Waals surface area contributed by atoms with Crippen LogP contribution in [0.1, 0.15) is 31.9 Å². The van der Waals surface area contributed by atoms with Gasteiger partial charge in [0.2, 0.25) is 0 Å². The average molecular weight is 316 g/mol. The fourth-order valence-electron chi connectivity index (χ4n) is 2.24. The van der Waals surface area contributed by atoms with Gasteiger partial charge in [0.25, 0.3) is 0 Å². The second-order valence-corrected chi connectivity index (χ2v) is 7.31. The molecule has 1 fully saturated rings. The van der Waals surface area contributed by atoms with Gasteiger partial charge in [-0.1, -0.05) is 35.0 Å². The van der Waals surface area contributed by atoms with E-state index in [0.717, 1.165) is 16.6 Å². The maximum absolute atomic E-state index is 12.1. The van der Waals surface area contributed by atoms with E-state index in [0.29, 0.717) is 6.04 Å². The number of benzene rings is 1. The Labute approximate surface area is 114 Å². The van der Waals surface area contributed by atoms with Gasteiger partial charge in [-0.2, -0.15) is 0 Å². The van der Waals surface area contributed by atoms with Gasteiger partial charge in [0.05, 0.1) is 5.25 Å². The molecule has 4 atom stereocenters. The molecule has 0 aromatic heterocycles. The molecule has 2 nitrogen and oxygen atoms in total. The Morgan fingerprint density at radius 2 is 2.29 bits per heavy atom. The van der Waals surface area contributed by atoms with Crippen molar-refractivity contribution in [2.45, 2.75) is 37.6 Å². The lowest BCUT2D eigenvalue weighted by molar-refractivity contribution is 0.421. The zero-order valence-corrected chi connectivity index (χ0v) is 12.6. The molecule has 1 aromatic carbocycles. The predicted octanol–water partition coefficient (Wildman–Crippen LogP) is 3.01. The van der Waals surface area contributed by atoms with Crippen LogP contribution >= 0.6 is 15.9 Å². The first-order valence-corrected chi connectivity index (χ1v) is 8.18. The van der Waals surface area contributed by atoms with Crippen molar-refractivity contribution < 1.29 is 4.21 Å². The molecule has 1 saturated heterocycles. The first kappa shape index (κ1) is 13.2. The molecule has 0 aliphatic carbocycles. The number of hydrogen-bond acceptors (Lipinski definition) is 2. The molecule has 17 heavy (non-hydrogen) atoms. The molecule has 1 heterocycles. The van der Waals surface area contributed by atoms with E-state index in [4.69, 9.17) is 0 Å². The predicted molar refractivity (Wildman–Crippen MR) is 76.6 cm³/mol. The van der Waals surface area contributed by atoms with E-state index in [1.165, 1.54) is 5.56 Å². The van der Waals surface area contributed by atoms with Crippen LogP contribution in [-0.4, -0.2) is 21.3 Å². The molecule has 94 valence electrons. The highest BCUT2D eigenvalue weighted by Gasteiger charge is 2.32. The number of hydrogen-bond donors (Lipinski definition) is 1. The maximum atomic E-state index is 12.1. The van der Waals surface area contributed by atoms with Crippen LogP contribution in [-0.2, 0) is 10.8 Å². The van der Waals surface area contributed by atoms with E-state index >= 15 is 0 Å². The number of halogens is 1. The highest BCUT2D eigenvalue weighted by molar-refractivity contribution is 9.10. The van der Waals surface area contributed by atoms with Gasteiger partial charge >= 0.3 is 0 Å². The van der Waals surface area contributed by atoms with Crippen molar-refractivity contribution >= 4 is 26.7 Å². The molecule has 0 bridgehead atoms. The number of nitrogens with one attached hydrogen (secondary N) is 1. The maximum Gasteiger partial charge on any atom is 0.0515 e. The van der Waals surface area contributed by atoms with Crippen LogP contribution in [0.3, 0.4) is 0 Å². The van der Waals surface area contributed by atoms with Gasteiger partial charge in [-0.25, -0.2) is 0 Å². The topological polar surface area (TPSA) is 29.1 Å². The average Bonchev–Trinajstić information content (AvgIpc) is 2.32. The zero-order valence-electron chi connectivity index (χ0n) is 10.2. The fourth-order valence-corrected chi connectivity index (χ4v) is 4.23. The summed E-state index contributed by atoms with van der Waals surface area (Å²) in [5.41, 5.74) is 1.22. The molecule has 1 aliphatic rings. The van der Waals surface area contributed by atoms with E-state index in [9.17, 15) is 4.21 Å². The molecule has 4 unspecified atom stereocenters. The third kappa shape index (κ3) is 2.98. The summed E-state index contributed by atoms with van der Waals surface area (Å²) in [4.78, 5) is 0. The highest BCUT2D eigenvalue weighted by atomic mass is 79.9. The molecular weight excluding hydrogens is 298 g/mol. The molecule has 0 radical (unpaired) electrons. The van der Waals surface area contributed by atoms with Gasteiger partial charge in [-0.3, -0.25) is 4.21 Å². The minimum Gasteiger partial charge on any atom is -0.305 e. The monoisotopic (exact) mass is 315 g/mol. The van der Waals surface area contributed by atoms with Crippen molar-refractivity contribution in [1.82, 2.24) is 5.32 Å². The van der Waals surface area contributed by atoms with E-state index < -0.39 is 10.8 Å². The Hall–Kier alpha value is -0.190. The van der Waals surface area contributed by atoms with Gasteiger partial charge in [-0.15, -0.1) is 0 Å². The molecule has 1 aromatic rings. The fraction of sp³-hybridized carbons (Fsp3) is 0.538. The normalized spacial score (nSPS) is 33.6. The van der Waals surface area contributed by atoms with Gasteiger partial charge in [0, 0.05) is 33.1 Å². The summed E-state index contributed by atoms with van der Waals surface area (Å²) < 4.78 is 13.2. The Balaban J connectivity index is 2.26. The third-order valence-electron chi connectivity index (χ3n) is 3.37. The standard InChI is InChI=1S/C13H18BrNOS/c1-3-12-8-17(16)9(2)13(15-12)10-5-4-6-11(14)7-10/h4-7,9,12-13,15H,3,8H2,1-2H3. The number of rotatable bonds is 2. The minimum atomic E-state index is -0.730. The highest BCUT2D eigenvalue weighted by Crippen LogP contribution is 2.28. The molecule has 4 heteroatoms. The van der Waals surface area contributed by atoms with Gasteiger partial charge in [0.1, 0.15) is 0 Å². The van der Waals surface area contributed by atoms with Crippen LogP contribution in [0.2, 0.25) is 0 Å². The second kappa shape index (κ2) is 5.63. The SMILES string of the molecule is CCC1CS(=O)C(C)C(c2cccc(Br)c2)N1. The molecule has 0 saturated carbocycles. The first-order chi connectivity index (χ1) is 8.11. The third-order valence-corrected chi connectivity index (χ3v) is 5.69. The molecule has 0 spiro atoms. The summed E-state index contributed by atoms with van der Waals surface area (Å²) in [6.07, 6.45) is 1.03. The van der Waals surface area contributed by atoms with Crippen LogP contribution in [0.5, 0.6) is 0 Å². The van der Waals surface area contributed by atoms with Crippen LogP contribution in [0.4, 0.5) is 0 Å². The lowest BCUT2D eigenvalue weighted by atomic mass is 10.0. The smallest absolute Gasteiger partial charge is 0.0515 e. The Kier molecular flexibility index (Phi) is 4.39.